The zero-order chi connectivity index (χ0) is 13.2. The maximum Gasteiger partial charge on any atom is 0.225 e. The number of hydrogen-bond acceptors (Lipinski definition) is 4. The van der Waals surface area contributed by atoms with Crippen molar-refractivity contribution in [3.05, 3.63) is 28.4 Å². The maximum atomic E-state index is 6.02. The lowest BCUT2D eigenvalue weighted by atomic mass is 10.0. The molecular weight excluding hydrogens is 278 g/mol. The molecule has 0 saturated carbocycles. The molecule has 3 nitrogen and oxygen atoms in total. The minimum atomic E-state index is 0.325. The Morgan fingerprint density at radius 3 is 3.05 bits per heavy atom. The number of thiophene rings is 1. The molecule has 1 atom stereocenters. The number of fused-ring (bicyclic) bond motifs is 1. The van der Waals surface area contributed by atoms with Crippen molar-refractivity contribution in [2.75, 3.05) is 5.32 Å². The van der Waals surface area contributed by atoms with E-state index in [4.69, 9.17) is 11.6 Å². The molecule has 0 fully saturated rings. The second-order valence-corrected chi connectivity index (χ2v) is 6.21. The first-order chi connectivity index (χ1) is 9.26. The Bertz CT molecular complexity index is 620. The van der Waals surface area contributed by atoms with Crippen molar-refractivity contribution in [2.24, 2.45) is 0 Å². The van der Waals surface area contributed by atoms with Crippen molar-refractivity contribution in [1.29, 1.82) is 0 Å². The molecule has 3 rings (SSSR count). The van der Waals surface area contributed by atoms with Crippen LogP contribution in [0.25, 0.3) is 10.2 Å². The Morgan fingerprint density at radius 2 is 2.32 bits per heavy atom. The van der Waals surface area contributed by atoms with Crippen LogP contribution in [0, 0.1) is 0 Å². The summed E-state index contributed by atoms with van der Waals surface area (Å²) in [4.78, 5) is 11.0. The van der Waals surface area contributed by atoms with Gasteiger partial charge in [0.25, 0.3) is 0 Å². The molecule has 100 valence electrons. The number of allylic oxidation sites excluding steroid dienone is 1. The zero-order valence-electron chi connectivity index (χ0n) is 10.8. The topological polar surface area (TPSA) is 37.8 Å². The van der Waals surface area contributed by atoms with Crippen molar-refractivity contribution < 1.29 is 0 Å². The first kappa shape index (κ1) is 12.9. The number of anilines is 1. The lowest BCUT2D eigenvalue weighted by Crippen LogP contribution is -2.21. The van der Waals surface area contributed by atoms with Crippen molar-refractivity contribution in [3.8, 4) is 0 Å². The number of rotatable bonds is 3. The van der Waals surface area contributed by atoms with Crippen LogP contribution in [-0.2, 0) is 6.42 Å². The molecular formula is C14H16ClN3S. The van der Waals surface area contributed by atoms with E-state index in [1.165, 1.54) is 4.88 Å². The third-order valence-corrected chi connectivity index (χ3v) is 4.72. The molecule has 0 spiro atoms. The highest BCUT2D eigenvalue weighted by Crippen LogP contribution is 2.31. The molecule has 0 bridgehead atoms. The normalized spacial score (nSPS) is 18.9. The molecule has 2 aromatic rings. The summed E-state index contributed by atoms with van der Waals surface area (Å²) in [6, 6.07) is 2.63. The second kappa shape index (κ2) is 5.47. The molecule has 0 aliphatic heterocycles. The van der Waals surface area contributed by atoms with Gasteiger partial charge in [0.2, 0.25) is 5.28 Å². The average molecular weight is 294 g/mol. The summed E-state index contributed by atoms with van der Waals surface area (Å²) in [5.41, 5.74) is 0. The highest BCUT2D eigenvalue weighted by atomic mass is 35.5. The van der Waals surface area contributed by atoms with Crippen LogP contribution in [0.5, 0.6) is 0 Å². The van der Waals surface area contributed by atoms with E-state index >= 15 is 0 Å². The van der Waals surface area contributed by atoms with E-state index in [0.717, 1.165) is 41.7 Å². The van der Waals surface area contributed by atoms with Gasteiger partial charge in [-0.3, -0.25) is 0 Å². The fraction of sp³-hybridized carbons (Fsp3) is 0.429. The molecule has 0 aromatic carbocycles. The molecule has 19 heavy (non-hydrogen) atoms. The summed E-state index contributed by atoms with van der Waals surface area (Å²) in [5, 5.41) is 4.94. The number of hydrogen-bond donors (Lipinski definition) is 1. The molecule has 2 aromatic heterocycles. The van der Waals surface area contributed by atoms with E-state index in [2.05, 4.69) is 40.4 Å². The Hall–Kier alpha value is -1.13. The second-order valence-electron chi connectivity index (χ2n) is 4.75. The highest BCUT2D eigenvalue weighted by Gasteiger charge is 2.15. The maximum absolute atomic E-state index is 6.02. The van der Waals surface area contributed by atoms with E-state index in [0.29, 0.717) is 11.3 Å². The van der Waals surface area contributed by atoms with E-state index in [1.807, 2.05) is 0 Å². The molecule has 0 amide bonds. The number of nitrogens with one attached hydrogen (secondary N) is 1. The largest absolute Gasteiger partial charge is 0.366 e. The standard InChI is InChI=1S/C14H16ClN3S/c1-2-10-8-11-12(16-9-6-4-3-5-7-9)17-14(15)18-13(11)19-10/h3-4,8-9H,2,5-7H2,1H3,(H,16,17,18). The van der Waals surface area contributed by atoms with Crippen molar-refractivity contribution in [3.63, 3.8) is 0 Å². The van der Waals surface area contributed by atoms with E-state index in [9.17, 15) is 0 Å². The number of halogens is 1. The minimum Gasteiger partial charge on any atom is -0.366 e. The number of aromatic nitrogens is 2. The third kappa shape index (κ3) is 2.74. The van der Waals surface area contributed by atoms with Crippen molar-refractivity contribution >= 4 is 39.0 Å². The third-order valence-electron chi connectivity index (χ3n) is 3.37. The summed E-state index contributed by atoms with van der Waals surface area (Å²) in [6.07, 6.45) is 8.80. The van der Waals surface area contributed by atoms with E-state index in [1.54, 1.807) is 11.3 Å². The first-order valence-electron chi connectivity index (χ1n) is 6.63. The smallest absolute Gasteiger partial charge is 0.225 e. The van der Waals surface area contributed by atoms with Crippen LogP contribution in [0.15, 0.2) is 18.2 Å². The van der Waals surface area contributed by atoms with Gasteiger partial charge in [-0.1, -0.05) is 19.1 Å². The molecule has 1 aliphatic carbocycles. The summed E-state index contributed by atoms with van der Waals surface area (Å²) in [5.74, 6) is 0.881. The molecule has 5 heteroatoms. The Morgan fingerprint density at radius 1 is 1.42 bits per heavy atom. The molecule has 1 N–H and O–H groups in total. The van der Waals surface area contributed by atoms with Gasteiger partial charge in [0.05, 0.1) is 5.39 Å². The van der Waals surface area contributed by atoms with Gasteiger partial charge in [-0.25, -0.2) is 9.97 Å². The fourth-order valence-electron chi connectivity index (χ4n) is 2.35. The lowest BCUT2D eigenvalue weighted by molar-refractivity contribution is 0.643. The van der Waals surface area contributed by atoms with Gasteiger partial charge in [-0.05, 0) is 43.4 Å². The molecule has 0 saturated heterocycles. The lowest BCUT2D eigenvalue weighted by Gasteiger charge is -2.20. The summed E-state index contributed by atoms with van der Waals surface area (Å²) >= 11 is 7.72. The molecule has 0 radical (unpaired) electrons. The summed E-state index contributed by atoms with van der Waals surface area (Å²) in [6.45, 7) is 2.15. The predicted molar refractivity (Wildman–Crippen MR) is 82.2 cm³/mol. The summed E-state index contributed by atoms with van der Waals surface area (Å²) in [7, 11) is 0. The van der Waals surface area contributed by atoms with Gasteiger partial charge in [-0.2, -0.15) is 0 Å². The van der Waals surface area contributed by atoms with E-state index < -0.39 is 0 Å². The van der Waals surface area contributed by atoms with Gasteiger partial charge in [0.15, 0.2) is 0 Å². The van der Waals surface area contributed by atoms with Gasteiger partial charge >= 0.3 is 0 Å². The minimum absolute atomic E-state index is 0.325. The quantitative estimate of drug-likeness (QED) is 0.672. The van der Waals surface area contributed by atoms with Gasteiger partial charge in [-0.15, -0.1) is 11.3 Å². The van der Waals surface area contributed by atoms with Gasteiger partial charge in [0, 0.05) is 10.9 Å². The van der Waals surface area contributed by atoms with Gasteiger partial charge < -0.3 is 5.32 Å². The van der Waals surface area contributed by atoms with Gasteiger partial charge in [0.1, 0.15) is 10.6 Å². The van der Waals surface area contributed by atoms with Crippen LogP contribution in [-0.4, -0.2) is 16.0 Å². The predicted octanol–water partition coefficient (Wildman–Crippen LogP) is 4.43. The fourth-order valence-corrected chi connectivity index (χ4v) is 3.53. The number of aryl methyl sites for hydroxylation is 1. The zero-order valence-corrected chi connectivity index (χ0v) is 12.4. The van der Waals surface area contributed by atoms with Crippen LogP contribution in [0.4, 0.5) is 5.82 Å². The Balaban J connectivity index is 1.96. The van der Waals surface area contributed by atoms with Crippen LogP contribution in [0.3, 0.4) is 0 Å². The summed E-state index contributed by atoms with van der Waals surface area (Å²) < 4.78 is 0. The number of nitrogens with zero attached hydrogens (tertiary/aromatic N) is 2. The van der Waals surface area contributed by atoms with Crippen LogP contribution < -0.4 is 5.32 Å². The molecule has 1 aliphatic rings. The van der Waals surface area contributed by atoms with Crippen LogP contribution >= 0.6 is 22.9 Å². The highest BCUT2D eigenvalue weighted by molar-refractivity contribution is 7.18. The SMILES string of the molecule is CCc1cc2c(NC3CC=CCC3)nc(Cl)nc2s1. The van der Waals surface area contributed by atoms with Crippen LogP contribution in [0.1, 0.15) is 31.1 Å². The van der Waals surface area contributed by atoms with Crippen molar-refractivity contribution in [2.45, 2.75) is 38.6 Å². The van der Waals surface area contributed by atoms with Crippen LogP contribution in [0.2, 0.25) is 5.28 Å². The Labute approximate surface area is 121 Å². The van der Waals surface area contributed by atoms with E-state index in [-0.39, 0.29) is 0 Å². The molecule has 1 unspecified atom stereocenters. The average Bonchev–Trinajstić information content (AvgIpc) is 2.83. The monoisotopic (exact) mass is 293 g/mol. The first-order valence-corrected chi connectivity index (χ1v) is 7.83. The van der Waals surface area contributed by atoms with Crippen molar-refractivity contribution in [1.82, 2.24) is 9.97 Å². The Kier molecular flexibility index (Phi) is 3.71. The molecule has 2 heterocycles.